The van der Waals surface area contributed by atoms with Gasteiger partial charge in [-0.3, -0.25) is 19.4 Å². The molecule has 1 aliphatic rings. The number of nitrogens with one attached hydrogen (secondary N) is 2. The third kappa shape index (κ3) is 11.6. The first-order valence-corrected chi connectivity index (χ1v) is 18.2. The van der Waals surface area contributed by atoms with E-state index in [9.17, 15) is 24.3 Å². The van der Waals surface area contributed by atoms with Gasteiger partial charge in [-0.1, -0.05) is 45.0 Å². The highest BCUT2D eigenvalue weighted by Crippen LogP contribution is 2.28. The van der Waals surface area contributed by atoms with E-state index in [-0.39, 0.29) is 26.2 Å². The molecule has 1 saturated heterocycles. The van der Waals surface area contributed by atoms with Crippen molar-refractivity contribution in [1.82, 2.24) is 20.5 Å². The van der Waals surface area contributed by atoms with Gasteiger partial charge in [0.15, 0.2) is 0 Å². The summed E-state index contributed by atoms with van der Waals surface area (Å²) in [6.45, 7) is 6.29. The van der Waals surface area contributed by atoms with Crippen LogP contribution in [0.3, 0.4) is 0 Å². The number of methoxy groups -OCH3 is 2. The minimum Gasteiger partial charge on any atom is -0.494 e. The number of ether oxygens (including phenoxy) is 4. The van der Waals surface area contributed by atoms with Crippen LogP contribution in [0.2, 0.25) is 0 Å². The molecule has 52 heavy (non-hydrogen) atoms. The Hall–Kier alpha value is -4.37. The molecule has 4 rings (SSSR count). The average molecular weight is 739 g/mol. The van der Waals surface area contributed by atoms with E-state index >= 15 is 0 Å². The zero-order chi connectivity index (χ0) is 37.7. The first-order valence-electron chi connectivity index (χ1n) is 17.4. The van der Waals surface area contributed by atoms with E-state index in [1.165, 1.54) is 23.3 Å². The smallest absolute Gasteiger partial charge is 0.337 e. The fourth-order valence-electron chi connectivity index (χ4n) is 5.86. The Morgan fingerprint density at radius 2 is 1.69 bits per heavy atom. The van der Waals surface area contributed by atoms with E-state index < -0.39 is 53.3 Å². The van der Waals surface area contributed by atoms with Gasteiger partial charge in [0.2, 0.25) is 17.7 Å². The van der Waals surface area contributed by atoms with E-state index in [1.54, 1.807) is 43.1 Å². The van der Waals surface area contributed by atoms with E-state index in [2.05, 4.69) is 15.6 Å². The zero-order valence-electron chi connectivity index (χ0n) is 30.5. The number of hydrogen-bond donors (Lipinski definition) is 3. The van der Waals surface area contributed by atoms with Crippen LogP contribution >= 0.6 is 11.3 Å². The molecule has 4 atom stereocenters. The summed E-state index contributed by atoms with van der Waals surface area (Å²) >= 11 is 1.53. The number of β-amino-alcohol motifs (C(OH)–C–C–N with tert-alkyl or cyclic N) is 1. The van der Waals surface area contributed by atoms with E-state index in [0.717, 1.165) is 28.8 Å². The van der Waals surface area contributed by atoms with Gasteiger partial charge in [-0.25, -0.2) is 4.79 Å². The highest BCUT2D eigenvalue weighted by Gasteiger charge is 2.44. The van der Waals surface area contributed by atoms with Crippen molar-refractivity contribution >= 4 is 35.0 Å². The topological polar surface area (TPSA) is 166 Å². The summed E-state index contributed by atoms with van der Waals surface area (Å²) in [4.78, 5) is 58.7. The number of nitrogens with zero attached hydrogens (tertiary/aromatic N) is 2. The highest BCUT2D eigenvalue weighted by molar-refractivity contribution is 7.13. The molecule has 0 radical (unpaired) electrons. The van der Waals surface area contributed by atoms with Gasteiger partial charge in [0, 0.05) is 32.9 Å². The second kappa shape index (κ2) is 19.5. The molecule has 13 nitrogen and oxygen atoms in total. The van der Waals surface area contributed by atoms with Crippen LogP contribution in [0.1, 0.15) is 68.4 Å². The Kier molecular flexibility index (Phi) is 15.1. The van der Waals surface area contributed by atoms with Crippen LogP contribution in [0, 0.1) is 5.41 Å². The normalized spacial score (nSPS) is 16.9. The van der Waals surface area contributed by atoms with Crippen molar-refractivity contribution in [2.75, 3.05) is 47.2 Å². The number of aromatic nitrogens is 1. The van der Waals surface area contributed by atoms with E-state index in [0.29, 0.717) is 30.9 Å². The molecule has 282 valence electrons. The maximum absolute atomic E-state index is 14.0. The van der Waals surface area contributed by atoms with Crippen LogP contribution in [0.4, 0.5) is 0 Å². The molecule has 0 saturated carbocycles. The number of thiazole rings is 1. The summed E-state index contributed by atoms with van der Waals surface area (Å²) in [6.07, 6.45) is 3.28. The van der Waals surface area contributed by atoms with Crippen molar-refractivity contribution in [3.05, 3.63) is 71.4 Å². The largest absolute Gasteiger partial charge is 0.494 e. The van der Waals surface area contributed by atoms with Gasteiger partial charge < -0.3 is 39.6 Å². The summed E-state index contributed by atoms with van der Waals surface area (Å²) in [7, 11) is 2.88. The number of unbranched alkanes of at least 4 members (excludes halogenated alkanes) is 2. The molecular weight excluding hydrogens is 689 g/mol. The number of carbonyl (C=O) groups excluding carboxylic acids is 4. The number of carbonyl (C=O) groups is 4. The molecule has 0 aliphatic carbocycles. The number of hydrogen-bond acceptors (Lipinski definition) is 11. The molecule has 3 amide bonds. The monoisotopic (exact) mass is 738 g/mol. The summed E-state index contributed by atoms with van der Waals surface area (Å²) in [5.41, 5.74) is 3.37. The van der Waals surface area contributed by atoms with Gasteiger partial charge >= 0.3 is 5.97 Å². The minimum absolute atomic E-state index is 0.0309. The number of esters is 1. The molecule has 3 N–H and O–H groups in total. The zero-order valence-corrected chi connectivity index (χ0v) is 31.3. The molecule has 0 spiro atoms. The maximum atomic E-state index is 14.0. The highest BCUT2D eigenvalue weighted by atomic mass is 32.1. The van der Waals surface area contributed by atoms with Crippen molar-refractivity contribution in [3.8, 4) is 16.2 Å². The first-order chi connectivity index (χ1) is 24.9. The molecule has 0 bridgehead atoms. The second-order valence-electron chi connectivity index (χ2n) is 13.7. The van der Waals surface area contributed by atoms with E-state index in [4.69, 9.17) is 18.9 Å². The Bertz CT molecular complexity index is 1590. The minimum atomic E-state index is -0.961. The molecule has 2 heterocycles. The van der Waals surface area contributed by atoms with Crippen molar-refractivity contribution in [2.45, 2.75) is 70.7 Å². The molecule has 1 aromatic heterocycles. The van der Waals surface area contributed by atoms with Crippen LogP contribution in [-0.4, -0.2) is 104 Å². The van der Waals surface area contributed by atoms with Crippen LogP contribution in [0.5, 0.6) is 5.75 Å². The van der Waals surface area contributed by atoms with Crippen LogP contribution in [-0.2, 0) is 28.6 Å². The van der Waals surface area contributed by atoms with Gasteiger partial charge in [0.1, 0.15) is 24.4 Å². The molecular formula is C38H50N4O9S. The molecule has 2 aromatic carbocycles. The maximum Gasteiger partial charge on any atom is 0.337 e. The van der Waals surface area contributed by atoms with Gasteiger partial charge in [0.05, 0.1) is 48.4 Å². The van der Waals surface area contributed by atoms with Crippen molar-refractivity contribution < 1.29 is 43.2 Å². The molecule has 1 aliphatic heterocycles. The molecule has 1 fully saturated rings. The third-order valence-electron chi connectivity index (χ3n) is 8.67. The number of amides is 3. The Labute approximate surface area is 309 Å². The summed E-state index contributed by atoms with van der Waals surface area (Å²) < 4.78 is 21.4. The van der Waals surface area contributed by atoms with E-state index in [1.807, 2.05) is 45.0 Å². The SMILES string of the molecule is COCC(NC(=O)[C@@H]1C[C@@H](O)CN1C(=O)[C@@H](NC(=O)COCCCCCOc1ccc(C(=O)OC)cc1)C(C)(C)C)c1ccc(-c2cncs2)cc1. The predicted octanol–water partition coefficient (Wildman–Crippen LogP) is 4.16. The summed E-state index contributed by atoms with van der Waals surface area (Å²) in [6, 6.07) is 12.1. The summed E-state index contributed by atoms with van der Waals surface area (Å²) in [5.74, 6) is -1.06. The number of aliphatic hydroxyl groups is 1. The van der Waals surface area contributed by atoms with Crippen molar-refractivity contribution in [1.29, 1.82) is 0 Å². The lowest BCUT2D eigenvalue weighted by molar-refractivity contribution is -0.144. The number of rotatable bonds is 18. The third-order valence-corrected chi connectivity index (χ3v) is 9.50. The Morgan fingerprint density at radius 3 is 2.33 bits per heavy atom. The average Bonchev–Trinajstić information content (AvgIpc) is 3.81. The lowest BCUT2D eigenvalue weighted by Crippen LogP contribution is -2.58. The lowest BCUT2D eigenvalue weighted by atomic mass is 9.85. The molecule has 14 heteroatoms. The predicted molar refractivity (Wildman–Crippen MR) is 196 cm³/mol. The van der Waals surface area contributed by atoms with Gasteiger partial charge in [-0.15, -0.1) is 11.3 Å². The summed E-state index contributed by atoms with van der Waals surface area (Å²) in [5, 5.41) is 16.4. The van der Waals surface area contributed by atoms with Gasteiger partial charge in [-0.2, -0.15) is 0 Å². The molecule has 3 aromatic rings. The number of benzene rings is 2. The molecule has 1 unspecified atom stereocenters. The first kappa shape index (κ1) is 40.4. The van der Waals surface area contributed by atoms with Crippen molar-refractivity contribution in [2.24, 2.45) is 5.41 Å². The van der Waals surface area contributed by atoms with Gasteiger partial charge in [0.25, 0.3) is 0 Å². The fraction of sp³-hybridized carbons (Fsp3) is 0.500. The second-order valence-corrected chi connectivity index (χ2v) is 14.6. The fourth-order valence-corrected chi connectivity index (χ4v) is 6.49. The quantitative estimate of drug-likeness (QED) is 0.128. The van der Waals surface area contributed by atoms with Crippen molar-refractivity contribution in [3.63, 3.8) is 0 Å². The number of likely N-dealkylation sites (tertiary alicyclic amines) is 1. The lowest BCUT2D eigenvalue weighted by Gasteiger charge is -2.35. The number of aliphatic hydroxyl groups excluding tert-OH is 1. The van der Waals surface area contributed by atoms with Gasteiger partial charge in [-0.05, 0) is 60.1 Å². The van der Waals surface area contributed by atoms with Crippen LogP contribution in [0.25, 0.3) is 10.4 Å². The Balaban J connectivity index is 1.25. The Morgan fingerprint density at radius 1 is 0.981 bits per heavy atom. The van der Waals surface area contributed by atoms with Crippen LogP contribution < -0.4 is 15.4 Å². The standard InChI is InChI=1S/C38H50N4O9S/c1-38(2,3)34(41-33(44)23-50-17-7-6-8-18-51-29-15-13-27(14-16-29)37(47)49-5)36(46)42-21-28(43)19-31(42)35(45)40-30(22-48-4)25-9-11-26(12-10-25)32-20-39-24-52-32/h9-16,20,24,28,30-31,34,43H,6-8,17-19,21-23H2,1-5H3,(H,40,45)(H,41,44)/t28-,30?,31+,34-/m1/s1. The van der Waals surface area contributed by atoms with Crippen LogP contribution in [0.15, 0.2) is 60.2 Å².